The topological polar surface area (TPSA) is 67.5 Å². The lowest BCUT2D eigenvalue weighted by Crippen LogP contribution is -2.27. The first-order valence-electron chi connectivity index (χ1n) is 8.14. The summed E-state index contributed by atoms with van der Waals surface area (Å²) in [5.74, 6) is 0.566. The van der Waals surface area contributed by atoms with Crippen LogP contribution in [-0.2, 0) is 16.3 Å². The van der Waals surface area contributed by atoms with Gasteiger partial charge in [-0.2, -0.15) is 0 Å². The maximum atomic E-state index is 12.6. The van der Waals surface area contributed by atoms with Crippen LogP contribution in [0.25, 0.3) is 0 Å². The Bertz CT molecular complexity index is 663. The van der Waals surface area contributed by atoms with Gasteiger partial charge in [-0.15, -0.1) is 0 Å². The summed E-state index contributed by atoms with van der Waals surface area (Å²) < 4.78 is 8.57. The van der Waals surface area contributed by atoms with Gasteiger partial charge in [0, 0.05) is 31.2 Å². The molecule has 0 saturated carbocycles. The summed E-state index contributed by atoms with van der Waals surface area (Å²) in [6.45, 7) is 3.25. The van der Waals surface area contributed by atoms with E-state index >= 15 is 0 Å². The zero-order valence-electron chi connectivity index (χ0n) is 14.5. The van der Waals surface area contributed by atoms with Gasteiger partial charge in [0.2, 0.25) is 5.88 Å². The molecule has 2 rings (SSSR count). The zero-order chi connectivity index (χ0) is 17.4. The van der Waals surface area contributed by atoms with Crippen LogP contribution in [0.3, 0.4) is 0 Å². The maximum Gasteiger partial charge on any atom is 0.328 e. The number of imidazole rings is 1. The minimum absolute atomic E-state index is 0.00896. The molecule has 2 aromatic heterocycles. The van der Waals surface area contributed by atoms with E-state index in [0.29, 0.717) is 19.0 Å². The number of rotatable bonds is 10. The standard InChI is InChI=1S/C17H25N3O4/c1-4-15(14-7-8-16(22-2)18-13-14)20-11-10-19(17(20)21)9-5-6-12-24-23-3/h7-8,10-11,13,15H,4-6,9,12H2,1-3H3. The summed E-state index contributed by atoms with van der Waals surface area (Å²) in [5.41, 5.74) is 0.983. The number of aromatic nitrogens is 3. The van der Waals surface area contributed by atoms with Gasteiger partial charge in [0.25, 0.3) is 0 Å². The quantitative estimate of drug-likeness (QED) is 0.379. The van der Waals surface area contributed by atoms with Crippen molar-refractivity contribution in [3.8, 4) is 5.88 Å². The van der Waals surface area contributed by atoms with Gasteiger partial charge in [-0.3, -0.25) is 9.13 Å². The molecule has 0 aliphatic rings. The average molecular weight is 335 g/mol. The molecule has 7 heteroatoms. The first kappa shape index (κ1) is 18.2. The van der Waals surface area contributed by atoms with E-state index in [9.17, 15) is 4.79 Å². The summed E-state index contributed by atoms with van der Waals surface area (Å²) >= 11 is 0. The molecule has 0 fully saturated rings. The van der Waals surface area contributed by atoms with Crippen molar-refractivity contribution in [3.63, 3.8) is 0 Å². The predicted molar refractivity (Wildman–Crippen MR) is 90.1 cm³/mol. The summed E-state index contributed by atoms with van der Waals surface area (Å²) in [6, 6.07) is 3.73. The highest BCUT2D eigenvalue weighted by atomic mass is 17.2. The first-order chi connectivity index (χ1) is 11.7. The number of pyridine rings is 1. The monoisotopic (exact) mass is 335 g/mol. The van der Waals surface area contributed by atoms with Crippen LogP contribution in [0.4, 0.5) is 0 Å². The maximum absolute atomic E-state index is 12.6. The fourth-order valence-corrected chi connectivity index (χ4v) is 2.66. The molecule has 0 aliphatic heterocycles. The Kier molecular flexibility index (Phi) is 7.02. The molecule has 0 N–H and O–H groups in total. The summed E-state index contributed by atoms with van der Waals surface area (Å²) in [6.07, 6.45) is 7.93. The summed E-state index contributed by atoms with van der Waals surface area (Å²) in [4.78, 5) is 26.2. The second-order valence-corrected chi connectivity index (χ2v) is 5.44. The van der Waals surface area contributed by atoms with E-state index in [1.165, 1.54) is 7.11 Å². The van der Waals surface area contributed by atoms with Crippen molar-refractivity contribution in [2.75, 3.05) is 20.8 Å². The van der Waals surface area contributed by atoms with Crippen LogP contribution >= 0.6 is 0 Å². The lowest BCUT2D eigenvalue weighted by atomic mass is 10.1. The van der Waals surface area contributed by atoms with Crippen molar-refractivity contribution in [1.82, 2.24) is 14.1 Å². The molecule has 24 heavy (non-hydrogen) atoms. The molecule has 2 heterocycles. The van der Waals surface area contributed by atoms with Gasteiger partial charge >= 0.3 is 5.69 Å². The number of unbranched alkanes of at least 4 members (excludes halogenated alkanes) is 1. The Labute approximate surface area is 141 Å². The Morgan fingerprint density at radius 3 is 2.67 bits per heavy atom. The van der Waals surface area contributed by atoms with Gasteiger partial charge in [-0.1, -0.05) is 13.0 Å². The highest BCUT2D eigenvalue weighted by molar-refractivity contribution is 5.21. The second-order valence-electron chi connectivity index (χ2n) is 5.44. The molecule has 132 valence electrons. The van der Waals surface area contributed by atoms with E-state index in [1.54, 1.807) is 22.4 Å². The van der Waals surface area contributed by atoms with Crippen molar-refractivity contribution >= 4 is 0 Å². The molecule has 0 amide bonds. The molecular formula is C17H25N3O4. The Balaban J connectivity index is 2.07. The van der Waals surface area contributed by atoms with Crippen molar-refractivity contribution in [3.05, 3.63) is 46.8 Å². The molecule has 2 aromatic rings. The van der Waals surface area contributed by atoms with Crippen LogP contribution in [0.15, 0.2) is 35.5 Å². The molecule has 0 aromatic carbocycles. The van der Waals surface area contributed by atoms with Crippen LogP contribution < -0.4 is 10.4 Å². The fourth-order valence-electron chi connectivity index (χ4n) is 2.66. The smallest absolute Gasteiger partial charge is 0.328 e. The summed E-state index contributed by atoms with van der Waals surface area (Å²) in [7, 11) is 3.07. The third kappa shape index (κ3) is 4.46. The normalized spacial score (nSPS) is 12.3. The zero-order valence-corrected chi connectivity index (χ0v) is 14.5. The van der Waals surface area contributed by atoms with Gasteiger partial charge in [-0.25, -0.2) is 19.6 Å². The van der Waals surface area contributed by atoms with Crippen LogP contribution in [0.2, 0.25) is 0 Å². The number of aryl methyl sites for hydroxylation is 1. The van der Waals surface area contributed by atoms with Crippen LogP contribution in [0.5, 0.6) is 5.88 Å². The number of nitrogens with zero attached hydrogens (tertiary/aromatic N) is 3. The molecule has 0 saturated heterocycles. The molecule has 0 aliphatic carbocycles. The molecule has 0 spiro atoms. The van der Waals surface area contributed by atoms with E-state index in [-0.39, 0.29) is 11.7 Å². The lowest BCUT2D eigenvalue weighted by Gasteiger charge is -2.16. The number of hydrogen-bond donors (Lipinski definition) is 0. The SMILES string of the molecule is CCC(c1ccc(OC)nc1)n1ccn(CCCCOOC)c1=O. The van der Waals surface area contributed by atoms with Crippen molar-refractivity contribution in [1.29, 1.82) is 0 Å². The van der Waals surface area contributed by atoms with Crippen molar-refractivity contribution in [2.24, 2.45) is 0 Å². The Morgan fingerprint density at radius 1 is 1.21 bits per heavy atom. The van der Waals surface area contributed by atoms with Gasteiger partial charge in [-0.05, 0) is 24.8 Å². The van der Waals surface area contributed by atoms with Crippen LogP contribution in [0, 0.1) is 0 Å². The Morgan fingerprint density at radius 2 is 2.04 bits per heavy atom. The first-order valence-corrected chi connectivity index (χ1v) is 8.14. The second kappa shape index (κ2) is 9.24. The Hall–Kier alpha value is -2.12. The molecule has 1 unspecified atom stereocenters. The highest BCUT2D eigenvalue weighted by Crippen LogP contribution is 2.21. The van der Waals surface area contributed by atoms with Gasteiger partial charge in [0.05, 0.1) is 26.9 Å². The van der Waals surface area contributed by atoms with Crippen LogP contribution in [-0.4, -0.2) is 34.9 Å². The van der Waals surface area contributed by atoms with Gasteiger partial charge in [0.1, 0.15) is 0 Å². The summed E-state index contributed by atoms with van der Waals surface area (Å²) in [5, 5.41) is 0. The van der Waals surface area contributed by atoms with E-state index in [0.717, 1.165) is 24.8 Å². The molecule has 1 atom stereocenters. The third-order valence-electron chi connectivity index (χ3n) is 3.94. The van der Waals surface area contributed by atoms with Crippen LogP contribution in [0.1, 0.15) is 37.8 Å². The average Bonchev–Trinajstić information content (AvgIpc) is 2.97. The third-order valence-corrected chi connectivity index (χ3v) is 3.94. The number of methoxy groups -OCH3 is 1. The van der Waals surface area contributed by atoms with Crippen molar-refractivity contribution in [2.45, 2.75) is 38.8 Å². The predicted octanol–water partition coefficient (Wildman–Crippen LogP) is 2.41. The van der Waals surface area contributed by atoms with E-state index in [2.05, 4.69) is 16.8 Å². The lowest BCUT2D eigenvalue weighted by molar-refractivity contribution is -0.272. The van der Waals surface area contributed by atoms with Gasteiger partial charge < -0.3 is 4.74 Å². The minimum atomic E-state index is -0.0334. The fraction of sp³-hybridized carbons (Fsp3) is 0.529. The number of hydrogen-bond acceptors (Lipinski definition) is 5. The van der Waals surface area contributed by atoms with Gasteiger partial charge in [0.15, 0.2) is 0 Å². The highest BCUT2D eigenvalue weighted by Gasteiger charge is 2.15. The minimum Gasteiger partial charge on any atom is -0.481 e. The molecule has 7 nitrogen and oxygen atoms in total. The molecule has 0 bridgehead atoms. The number of ether oxygens (including phenoxy) is 1. The van der Waals surface area contributed by atoms with E-state index < -0.39 is 0 Å². The van der Waals surface area contributed by atoms with E-state index in [4.69, 9.17) is 9.62 Å². The van der Waals surface area contributed by atoms with Crippen molar-refractivity contribution < 1.29 is 14.5 Å². The van der Waals surface area contributed by atoms with E-state index in [1.807, 2.05) is 24.5 Å². The molecule has 0 radical (unpaired) electrons. The largest absolute Gasteiger partial charge is 0.481 e. The molecular weight excluding hydrogens is 310 g/mol.